The smallest absolute Gasteiger partial charge is 0.325 e. The van der Waals surface area contributed by atoms with Crippen LogP contribution in [-0.2, 0) is 0 Å². The summed E-state index contributed by atoms with van der Waals surface area (Å²) >= 11 is 0. The van der Waals surface area contributed by atoms with Gasteiger partial charge in [-0.3, -0.25) is 9.59 Å². The molecule has 0 aromatic carbocycles. The molecule has 0 fully saturated rings. The summed E-state index contributed by atoms with van der Waals surface area (Å²) in [6, 6.07) is 1.80. The monoisotopic (exact) mass is 168 g/mol. The lowest BCUT2D eigenvalue weighted by atomic mass is 10.3. The lowest BCUT2D eigenvalue weighted by molar-refractivity contribution is -0.389. The molecule has 0 bridgehead atoms. The summed E-state index contributed by atoms with van der Waals surface area (Å²) in [7, 11) is 0. The predicted octanol–water partition coefficient (Wildman–Crippen LogP) is 0.0956. The maximum atomic E-state index is 10.7. The number of aromatic nitrogens is 1. The van der Waals surface area contributed by atoms with Gasteiger partial charge in [-0.25, -0.2) is 4.98 Å². The molecule has 0 unspecified atom stereocenters. The van der Waals surface area contributed by atoms with Gasteiger partial charge in [-0.05, 0) is 4.92 Å². The Morgan fingerprint density at radius 1 is 1.50 bits per heavy atom. The summed E-state index contributed by atoms with van der Waals surface area (Å²) in [5, 5.41) is 10.1. The molecule has 1 aromatic rings. The van der Waals surface area contributed by atoms with Gasteiger partial charge in [0, 0.05) is 6.07 Å². The van der Waals surface area contributed by atoms with E-state index in [0.29, 0.717) is 6.29 Å². The number of nitro groups is 1. The van der Waals surface area contributed by atoms with Crippen molar-refractivity contribution in [3.63, 3.8) is 0 Å². The fourth-order valence-electron chi connectivity index (χ4n) is 0.712. The van der Waals surface area contributed by atoms with Gasteiger partial charge in [-0.1, -0.05) is 0 Å². The third kappa shape index (κ3) is 1.54. The maximum Gasteiger partial charge on any atom is 0.325 e. The lowest BCUT2D eigenvalue weighted by Crippen LogP contribution is -2.05. The number of carbonyl (C=O) groups is 1. The Kier molecular flexibility index (Phi) is 2.00. The zero-order valence-electron chi connectivity index (χ0n) is 5.81. The number of nitrogens with one attached hydrogen (secondary N) is 1. The van der Waals surface area contributed by atoms with Crippen LogP contribution in [0.25, 0.3) is 0 Å². The number of rotatable bonds is 2. The normalized spacial score (nSPS) is 9.33. The molecular weight excluding hydrogens is 164 g/mol. The minimum absolute atomic E-state index is 0.103. The van der Waals surface area contributed by atoms with Gasteiger partial charge in [0.05, 0.1) is 6.07 Å². The molecule has 0 saturated carbocycles. The van der Waals surface area contributed by atoms with Crippen LogP contribution in [0.3, 0.4) is 0 Å². The van der Waals surface area contributed by atoms with Gasteiger partial charge in [0.1, 0.15) is 0 Å². The number of hydrogen-bond donors (Lipinski definition) is 1. The molecule has 6 nitrogen and oxygen atoms in total. The van der Waals surface area contributed by atoms with Crippen LogP contribution >= 0.6 is 0 Å². The summed E-state index contributed by atoms with van der Waals surface area (Å²) in [4.78, 5) is 32.4. The van der Waals surface area contributed by atoms with Crippen molar-refractivity contribution < 1.29 is 9.72 Å². The first-order chi connectivity index (χ1) is 5.63. The first kappa shape index (κ1) is 8.12. The van der Waals surface area contributed by atoms with Crippen LogP contribution in [-0.4, -0.2) is 16.2 Å². The molecule has 12 heavy (non-hydrogen) atoms. The zero-order valence-corrected chi connectivity index (χ0v) is 5.81. The van der Waals surface area contributed by atoms with E-state index < -0.39 is 16.2 Å². The molecule has 1 rings (SSSR count). The third-order valence-electron chi connectivity index (χ3n) is 1.17. The Balaban J connectivity index is 3.33. The molecule has 0 amide bonds. The first-order valence-corrected chi connectivity index (χ1v) is 2.97. The Bertz CT molecular complexity index is 381. The molecule has 62 valence electrons. The van der Waals surface area contributed by atoms with Crippen molar-refractivity contribution in [3.8, 4) is 0 Å². The molecule has 1 heterocycles. The van der Waals surface area contributed by atoms with Gasteiger partial charge in [0.2, 0.25) is 0 Å². The third-order valence-corrected chi connectivity index (χ3v) is 1.17. The molecule has 0 saturated heterocycles. The minimum atomic E-state index is -0.769. The highest BCUT2D eigenvalue weighted by Crippen LogP contribution is 2.01. The van der Waals surface area contributed by atoms with E-state index in [0.717, 1.165) is 12.1 Å². The molecule has 0 spiro atoms. The van der Waals surface area contributed by atoms with Crippen molar-refractivity contribution in [2.45, 2.75) is 0 Å². The van der Waals surface area contributed by atoms with Gasteiger partial charge in [0.15, 0.2) is 17.4 Å². The van der Waals surface area contributed by atoms with E-state index in [9.17, 15) is 19.7 Å². The summed E-state index contributed by atoms with van der Waals surface area (Å²) < 4.78 is 0. The van der Waals surface area contributed by atoms with Crippen molar-refractivity contribution in [1.29, 1.82) is 0 Å². The van der Waals surface area contributed by atoms with Crippen LogP contribution in [0.5, 0.6) is 0 Å². The van der Waals surface area contributed by atoms with Crippen LogP contribution in [0.1, 0.15) is 10.5 Å². The van der Waals surface area contributed by atoms with Crippen molar-refractivity contribution in [1.82, 2.24) is 4.98 Å². The van der Waals surface area contributed by atoms with Crippen molar-refractivity contribution in [2.24, 2.45) is 0 Å². The van der Waals surface area contributed by atoms with E-state index in [2.05, 4.69) is 4.98 Å². The average molecular weight is 168 g/mol. The molecular formula is C6H4N2O4. The van der Waals surface area contributed by atoms with Crippen LogP contribution < -0.4 is 5.43 Å². The van der Waals surface area contributed by atoms with Crippen molar-refractivity contribution >= 4 is 12.1 Å². The molecule has 0 aliphatic heterocycles. The van der Waals surface area contributed by atoms with Gasteiger partial charge in [0.25, 0.3) is 0 Å². The van der Waals surface area contributed by atoms with E-state index in [1.54, 1.807) is 0 Å². The first-order valence-electron chi connectivity index (χ1n) is 2.97. The number of aldehydes is 1. The second-order valence-corrected chi connectivity index (χ2v) is 2.03. The topological polar surface area (TPSA) is 93.1 Å². The van der Waals surface area contributed by atoms with E-state index in [-0.39, 0.29) is 5.69 Å². The summed E-state index contributed by atoms with van der Waals surface area (Å²) in [5.74, 6) is -0.482. The van der Waals surface area contributed by atoms with Crippen molar-refractivity contribution in [2.75, 3.05) is 0 Å². The second-order valence-electron chi connectivity index (χ2n) is 2.03. The van der Waals surface area contributed by atoms with E-state index >= 15 is 0 Å². The molecule has 0 radical (unpaired) electrons. The van der Waals surface area contributed by atoms with Crippen LogP contribution in [0.2, 0.25) is 0 Å². The SMILES string of the molecule is O=Cc1cc(=O)cc([N+](=O)[O-])[nH]1. The quantitative estimate of drug-likeness (QED) is 0.385. The standard InChI is InChI=1S/C6H4N2O4/c9-3-4-1-5(10)2-6(7-4)8(11)12/h1-3H,(H,7,10). The highest BCUT2D eigenvalue weighted by Gasteiger charge is 2.06. The Hall–Kier alpha value is -1.98. The molecule has 1 N–H and O–H groups in total. The lowest BCUT2D eigenvalue weighted by Gasteiger charge is -1.92. The summed E-state index contributed by atoms with van der Waals surface area (Å²) in [6.45, 7) is 0. The molecule has 1 aromatic heterocycles. The summed E-state index contributed by atoms with van der Waals surface area (Å²) in [6.07, 6.45) is 0.342. The largest absolute Gasteiger partial charge is 0.358 e. The second kappa shape index (κ2) is 2.95. The van der Waals surface area contributed by atoms with E-state index in [1.165, 1.54) is 0 Å². The van der Waals surface area contributed by atoms with E-state index in [4.69, 9.17) is 0 Å². The van der Waals surface area contributed by atoms with Crippen LogP contribution in [0.4, 0.5) is 5.82 Å². The highest BCUT2D eigenvalue weighted by atomic mass is 16.6. The molecule has 6 heteroatoms. The maximum absolute atomic E-state index is 10.7. The predicted molar refractivity (Wildman–Crippen MR) is 39.1 cm³/mol. The van der Waals surface area contributed by atoms with E-state index in [1.807, 2.05) is 0 Å². The molecule has 0 aliphatic rings. The highest BCUT2D eigenvalue weighted by molar-refractivity contribution is 5.71. The van der Waals surface area contributed by atoms with Gasteiger partial charge < -0.3 is 10.1 Å². The molecule has 0 aliphatic carbocycles. The van der Waals surface area contributed by atoms with Gasteiger partial charge >= 0.3 is 5.82 Å². The van der Waals surface area contributed by atoms with Gasteiger partial charge in [-0.2, -0.15) is 0 Å². The minimum Gasteiger partial charge on any atom is -0.358 e. The Morgan fingerprint density at radius 2 is 2.17 bits per heavy atom. The number of carbonyl (C=O) groups excluding carboxylic acids is 1. The summed E-state index contributed by atoms with van der Waals surface area (Å²) in [5.41, 5.74) is -0.670. The van der Waals surface area contributed by atoms with Crippen molar-refractivity contribution in [3.05, 3.63) is 38.2 Å². The van der Waals surface area contributed by atoms with Crippen LogP contribution in [0, 0.1) is 10.1 Å². The zero-order chi connectivity index (χ0) is 9.14. The fourth-order valence-corrected chi connectivity index (χ4v) is 0.712. The Morgan fingerprint density at radius 3 is 2.67 bits per heavy atom. The number of hydrogen-bond acceptors (Lipinski definition) is 4. The average Bonchev–Trinajstić information content (AvgIpc) is 2.03. The molecule has 0 atom stereocenters. The number of aromatic amines is 1. The fraction of sp³-hybridized carbons (Fsp3) is 0. The number of pyridine rings is 1. The van der Waals surface area contributed by atoms with Crippen LogP contribution in [0.15, 0.2) is 16.9 Å². The van der Waals surface area contributed by atoms with Gasteiger partial charge in [-0.15, -0.1) is 0 Å². The Labute approximate surface area is 66.0 Å². The number of nitrogens with zero attached hydrogens (tertiary/aromatic N) is 1. The number of H-pyrrole nitrogens is 1.